The molecule has 0 aliphatic carbocycles. The Morgan fingerprint density at radius 2 is 0.627 bits per heavy atom. The van der Waals surface area contributed by atoms with Crippen molar-refractivity contribution in [2.75, 3.05) is 0 Å². The average molecular weight is 1310 g/mol. The van der Waals surface area contributed by atoms with Crippen molar-refractivity contribution in [3.63, 3.8) is 0 Å². The highest BCUT2D eigenvalue weighted by Gasteiger charge is 2.07. The lowest BCUT2D eigenvalue weighted by Crippen LogP contribution is -1.84. The summed E-state index contributed by atoms with van der Waals surface area (Å²) in [5, 5.41) is 8.72. The number of benzene rings is 12. The molecule has 6 heterocycles. The maximum absolute atomic E-state index is 4.65. The van der Waals surface area contributed by atoms with Crippen LogP contribution in [0.25, 0.3) is 122 Å². The van der Waals surface area contributed by atoms with Crippen LogP contribution in [-0.4, -0.2) is 29.9 Å². The minimum atomic E-state index is 1.03. The molecule has 18 rings (SSSR count). The van der Waals surface area contributed by atoms with Crippen LogP contribution in [0.15, 0.2) is 425 Å². The molecular formula is C96H76N6. The normalized spacial score (nSPS) is 10.3. The van der Waals surface area contributed by atoms with Gasteiger partial charge < -0.3 is 0 Å². The third-order valence-electron chi connectivity index (χ3n) is 16.7. The summed E-state index contributed by atoms with van der Waals surface area (Å²) in [5.41, 5.74) is 19.3. The van der Waals surface area contributed by atoms with E-state index in [2.05, 4.69) is 261 Å². The van der Waals surface area contributed by atoms with Gasteiger partial charge in [0.1, 0.15) is 0 Å². The SMILES string of the molecule is Cc1ccc(-c2ccccc2)nc1.Cc1ccnc(-c2ccccc2)c1.c1ccc(-c2ccc3ccccc3c2)cc1.c1ccc(-c2ccc3ccccc3n2)cc1.c1ccc(-c2cccc3ccccc23)nc1.c1ccc(-c2ccccn2)cc1.c1ccc(-c2nccc3ccccc23)cc1. The lowest BCUT2D eigenvalue weighted by molar-refractivity contribution is 1.27. The Kier molecular flexibility index (Phi) is 24.3. The number of hydrogen-bond donors (Lipinski definition) is 0. The Balaban J connectivity index is 0.000000113. The van der Waals surface area contributed by atoms with E-state index in [4.69, 9.17) is 0 Å². The number of aryl methyl sites for hydroxylation is 2. The summed E-state index contributed by atoms with van der Waals surface area (Å²) >= 11 is 0. The summed E-state index contributed by atoms with van der Waals surface area (Å²) in [6.07, 6.45) is 9.24. The van der Waals surface area contributed by atoms with Gasteiger partial charge in [-0.2, -0.15) is 0 Å². The molecule has 0 aliphatic rings. The van der Waals surface area contributed by atoms with Gasteiger partial charge in [-0.15, -0.1) is 0 Å². The van der Waals surface area contributed by atoms with Gasteiger partial charge in [-0.3, -0.25) is 24.9 Å². The van der Waals surface area contributed by atoms with Gasteiger partial charge in [-0.1, -0.05) is 328 Å². The first-order valence-corrected chi connectivity index (χ1v) is 34.1. The van der Waals surface area contributed by atoms with Crippen LogP contribution >= 0.6 is 0 Å². The number of hydrogen-bond acceptors (Lipinski definition) is 6. The van der Waals surface area contributed by atoms with Gasteiger partial charge in [0.05, 0.1) is 39.7 Å². The number of fused-ring (bicyclic) bond motifs is 4. The van der Waals surface area contributed by atoms with E-state index in [0.717, 1.165) is 50.8 Å². The minimum Gasteiger partial charge on any atom is -0.256 e. The average Bonchev–Trinajstić information content (AvgIpc) is 0.832. The topological polar surface area (TPSA) is 77.3 Å². The lowest BCUT2D eigenvalue weighted by atomic mass is 10.0. The van der Waals surface area contributed by atoms with Gasteiger partial charge in [0, 0.05) is 75.1 Å². The van der Waals surface area contributed by atoms with Gasteiger partial charge in [0.15, 0.2) is 0 Å². The van der Waals surface area contributed by atoms with Gasteiger partial charge in [-0.05, 0) is 130 Å². The molecule has 12 aromatic carbocycles. The molecule has 6 nitrogen and oxygen atoms in total. The van der Waals surface area contributed by atoms with E-state index in [1.54, 1.807) is 0 Å². The molecule has 0 unspecified atom stereocenters. The Morgan fingerprint density at radius 3 is 1.21 bits per heavy atom. The largest absolute Gasteiger partial charge is 0.256 e. The maximum Gasteiger partial charge on any atom is 0.0780 e. The van der Waals surface area contributed by atoms with Crippen molar-refractivity contribution in [2.24, 2.45) is 0 Å². The van der Waals surface area contributed by atoms with Crippen molar-refractivity contribution in [3.05, 3.63) is 436 Å². The molecule has 6 aromatic heterocycles. The number of aromatic nitrogens is 6. The van der Waals surface area contributed by atoms with E-state index in [1.165, 1.54) is 82.2 Å². The maximum atomic E-state index is 4.65. The summed E-state index contributed by atoms with van der Waals surface area (Å²) in [4.78, 5) is 26.4. The molecule has 0 N–H and O–H groups in total. The molecule has 0 saturated heterocycles. The third kappa shape index (κ3) is 19.4. The van der Waals surface area contributed by atoms with Gasteiger partial charge in [-0.25, -0.2) is 4.98 Å². The van der Waals surface area contributed by atoms with Crippen LogP contribution < -0.4 is 0 Å². The molecule has 102 heavy (non-hydrogen) atoms. The monoisotopic (exact) mass is 1310 g/mol. The number of rotatable bonds is 7. The fourth-order valence-corrected chi connectivity index (χ4v) is 11.4. The molecule has 0 aliphatic heterocycles. The first kappa shape index (κ1) is 68.5. The van der Waals surface area contributed by atoms with E-state index in [9.17, 15) is 0 Å². The zero-order valence-electron chi connectivity index (χ0n) is 57.1. The van der Waals surface area contributed by atoms with Crippen LogP contribution in [0, 0.1) is 13.8 Å². The molecule has 0 spiro atoms. The van der Waals surface area contributed by atoms with Crippen molar-refractivity contribution in [2.45, 2.75) is 13.8 Å². The fourth-order valence-electron chi connectivity index (χ4n) is 11.4. The van der Waals surface area contributed by atoms with E-state index in [0.29, 0.717) is 0 Å². The van der Waals surface area contributed by atoms with Crippen LogP contribution in [-0.2, 0) is 0 Å². The smallest absolute Gasteiger partial charge is 0.0780 e. The minimum absolute atomic E-state index is 1.03. The van der Waals surface area contributed by atoms with Crippen LogP contribution in [0.2, 0.25) is 0 Å². The molecular weight excluding hydrogens is 1240 g/mol. The van der Waals surface area contributed by atoms with E-state index in [-0.39, 0.29) is 0 Å². The van der Waals surface area contributed by atoms with Gasteiger partial charge in [0.2, 0.25) is 0 Å². The molecule has 0 fully saturated rings. The fraction of sp³-hybridized carbons (Fsp3) is 0.0208. The first-order chi connectivity index (χ1) is 50.5. The second-order valence-electron chi connectivity index (χ2n) is 23.9. The summed E-state index contributed by atoms with van der Waals surface area (Å²) in [6.45, 7) is 4.12. The lowest BCUT2D eigenvalue weighted by Gasteiger charge is -2.05. The van der Waals surface area contributed by atoms with Crippen molar-refractivity contribution in [1.29, 1.82) is 0 Å². The second-order valence-corrected chi connectivity index (χ2v) is 23.9. The Morgan fingerprint density at radius 1 is 0.196 bits per heavy atom. The molecule has 6 heteroatoms. The highest BCUT2D eigenvalue weighted by Crippen LogP contribution is 2.29. The van der Waals surface area contributed by atoms with Crippen LogP contribution in [0.3, 0.4) is 0 Å². The Bertz CT molecular complexity index is 5210. The third-order valence-corrected chi connectivity index (χ3v) is 16.7. The van der Waals surface area contributed by atoms with Crippen molar-refractivity contribution in [1.82, 2.24) is 29.9 Å². The highest BCUT2D eigenvalue weighted by atomic mass is 14.7. The summed E-state index contributed by atoms with van der Waals surface area (Å²) in [7, 11) is 0. The summed E-state index contributed by atoms with van der Waals surface area (Å²) < 4.78 is 0. The Labute approximate surface area is 598 Å². The van der Waals surface area contributed by atoms with Crippen molar-refractivity contribution >= 4 is 43.2 Å². The van der Waals surface area contributed by atoms with Crippen LogP contribution in [0.1, 0.15) is 11.1 Å². The zero-order chi connectivity index (χ0) is 69.6. The molecule has 0 radical (unpaired) electrons. The van der Waals surface area contributed by atoms with E-state index in [1.807, 2.05) is 208 Å². The predicted molar refractivity (Wildman–Crippen MR) is 429 cm³/mol. The zero-order valence-corrected chi connectivity index (χ0v) is 57.1. The molecule has 18 aromatic rings. The number of pyridine rings is 6. The molecule has 0 bridgehead atoms. The summed E-state index contributed by atoms with van der Waals surface area (Å²) in [6, 6.07) is 134. The Hall–Kier alpha value is -13.4. The standard InChI is InChI=1S/C16H12.3C15H11N.2C12H11N.C11H9N/c1-2-6-13(7-3-1)16-11-10-14-8-4-5-9-15(14)12-16;1-2-8-13-12(6-1)7-5-9-14(13)15-10-3-4-11-16-15;1-2-7-13(8-3-1)15-14-9-5-4-6-12(14)10-11-16-15;1-2-6-12(7-3-1)15-11-10-13-8-4-5-9-14(13)16-15;1-10-7-8-13-12(9-10)11-5-3-2-4-6-11;1-10-7-8-12(13-9-10)11-5-3-2-4-6-11;1-2-6-10(7-3-1)11-8-4-5-9-12-11/h1-12H;3*1-11H;2*2-9H,1H3;1-9H. The summed E-state index contributed by atoms with van der Waals surface area (Å²) in [5.74, 6) is 0. The first-order valence-electron chi connectivity index (χ1n) is 34.1. The number of nitrogens with zero attached hydrogens (tertiary/aromatic N) is 6. The number of para-hydroxylation sites is 1. The van der Waals surface area contributed by atoms with E-state index >= 15 is 0 Å². The quantitative estimate of drug-likeness (QED) is 0.158. The second kappa shape index (κ2) is 36.2. The molecule has 0 amide bonds. The molecule has 490 valence electrons. The molecule has 0 saturated carbocycles. The van der Waals surface area contributed by atoms with Crippen LogP contribution in [0.5, 0.6) is 0 Å². The molecule has 0 atom stereocenters. The predicted octanol–water partition coefficient (Wildman–Crippen LogP) is 25.1. The van der Waals surface area contributed by atoms with Gasteiger partial charge >= 0.3 is 0 Å². The van der Waals surface area contributed by atoms with Crippen molar-refractivity contribution in [3.8, 4) is 78.7 Å². The van der Waals surface area contributed by atoms with Crippen LogP contribution in [0.4, 0.5) is 0 Å². The van der Waals surface area contributed by atoms with Crippen molar-refractivity contribution < 1.29 is 0 Å². The highest BCUT2D eigenvalue weighted by molar-refractivity contribution is 5.96. The van der Waals surface area contributed by atoms with Gasteiger partial charge in [0.25, 0.3) is 0 Å². The van der Waals surface area contributed by atoms with E-state index < -0.39 is 0 Å².